The Balaban J connectivity index is 1.16. The molecule has 2 aliphatic rings. The summed E-state index contributed by atoms with van der Waals surface area (Å²) in [4.78, 5) is 2.68. The van der Waals surface area contributed by atoms with Gasteiger partial charge < -0.3 is 9.32 Å². The highest BCUT2D eigenvalue weighted by Crippen LogP contribution is 2.27. The molecule has 8 heteroatoms. The van der Waals surface area contributed by atoms with Crippen LogP contribution in [0.4, 0.5) is 0 Å². The van der Waals surface area contributed by atoms with Crippen LogP contribution in [-0.4, -0.2) is 60.5 Å². The van der Waals surface area contributed by atoms with E-state index in [-0.39, 0.29) is 0 Å². The Morgan fingerprint density at radius 1 is 0.903 bits per heavy atom. The SMILES string of the molecule is O=S(=O)(c1ccc2c(c1)CCC2)N1CCN(CCc2nnc(-c3ccccc3)o2)CC1. The number of aromatic nitrogens is 2. The lowest BCUT2D eigenvalue weighted by molar-refractivity contribution is 0.187. The zero-order valence-corrected chi connectivity index (χ0v) is 18.2. The molecular weight excluding hydrogens is 412 g/mol. The fourth-order valence-electron chi connectivity index (χ4n) is 4.36. The number of aryl methyl sites for hydroxylation is 2. The second-order valence-electron chi connectivity index (χ2n) is 8.15. The van der Waals surface area contributed by atoms with E-state index in [0.717, 1.165) is 31.4 Å². The van der Waals surface area contributed by atoms with Gasteiger partial charge in [0.2, 0.25) is 21.8 Å². The zero-order chi connectivity index (χ0) is 21.3. The molecule has 2 heterocycles. The maximum Gasteiger partial charge on any atom is 0.247 e. The van der Waals surface area contributed by atoms with Crippen LogP contribution in [0, 0.1) is 0 Å². The molecule has 1 saturated heterocycles. The highest BCUT2D eigenvalue weighted by atomic mass is 32.2. The number of benzene rings is 2. The number of rotatable bonds is 6. The third-order valence-electron chi connectivity index (χ3n) is 6.17. The summed E-state index contributed by atoms with van der Waals surface area (Å²) < 4.78 is 33.6. The van der Waals surface area contributed by atoms with Crippen molar-refractivity contribution in [2.24, 2.45) is 0 Å². The van der Waals surface area contributed by atoms with Gasteiger partial charge in [0.25, 0.3) is 0 Å². The van der Waals surface area contributed by atoms with E-state index in [1.807, 2.05) is 42.5 Å². The van der Waals surface area contributed by atoms with E-state index < -0.39 is 10.0 Å². The largest absolute Gasteiger partial charge is 0.421 e. The Kier molecular flexibility index (Phi) is 5.60. The predicted octanol–water partition coefficient (Wildman–Crippen LogP) is 2.77. The summed E-state index contributed by atoms with van der Waals surface area (Å²) >= 11 is 0. The molecule has 5 rings (SSSR count). The molecule has 0 N–H and O–H groups in total. The summed E-state index contributed by atoms with van der Waals surface area (Å²) in [6.07, 6.45) is 3.80. The maximum absolute atomic E-state index is 13.1. The highest BCUT2D eigenvalue weighted by Gasteiger charge is 2.29. The van der Waals surface area contributed by atoms with Gasteiger partial charge >= 0.3 is 0 Å². The van der Waals surface area contributed by atoms with Crippen LogP contribution in [-0.2, 0) is 29.3 Å². The van der Waals surface area contributed by atoms with E-state index >= 15 is 0 Å². The number of fused-ring (bicyclic) bond motifs is 1. The smallest absolute Gasteiger partial charge is 0.247 e. The molecule has 31 heavy (non-hydrogen) atoms. The summed E-state index contributed by atoms with van der Waals surface area (Å²) in [7, 11) is -3.44. The van der Waals surface area contributed by atoms with Crippen LogP contribution < -0.4 is 0 Å². The Morgan fingerprint density at radius 2 is 1.68 bits per heavy atom. The maximum atomic E-state index is 13.1. The molecule has 3 aromatic rings. The number of sulfonamides is 1. The van der Waals surface area contributed by atoms with Gasteiger partial charge in [-0.25, -0.2) is 8.42 Å². The number of hydrogen-bond acceptors (Lipinski definition) is 6. The standard InChI is InChI=1S/C23H26N4O3S/c28-31(29,21-10-9-18-7-4-8-20(18)17-21)27-15-13-26(14-16-27)12-11-22-24-25-23(30-22)19-5-2-1-3-6-19/h1-3,5-6,9-10,17H,4,7-8,11-16H2. The van der Waals surface area contributed by atoms with E-state index in [4.69, 9.17) is 4.42 Å². The minimum absolute atomic E-state index is 0.431. The predicted molar refractivity (Wildman–Crippen MR) is 117 cm³/mol. The third-order valence-corrected chi connectivity index (χ3v) is 8.06. The average molecular weight is 439 g/mol. The van der Waals surface area contributed by atoms with Crippen LogP contribution in [0.1, 0.15) is 23.4 Å². The van der Waals surface area contributed by atoms with Gasteiger partial charge in [0.05, 0.1) is 4.90 Å². The monoisotopic (exact) mass is 438 g/mol. The van der Waals surface area contributed by atoms with Gasteiger partial charge in [0.1, 0.15) is 0 Å². The Hall–Kier alpha value is -2.55. The summed E-state index contributed by atoms with van der Waals surface area (Å²) in [6.45, 7) is 3.16. The van der Waals surface area contributed by atoms with Crippen molar-refractivity contribution in [3.05, 3.63) is 65.5 Å². The number of hydrogen-bond donors (Lipinski definition) is 0. The van der Waals surface area contributed by atoms with Crippen LogP contribution in [0.5, 0.6) is 0 Å². The molecule has 1 aromatic heterocycles. The minimum atomic E-state index is -3.44. The van der Waals surface area contributed by atoms with E-state index in [9.17, 15) is 8.42 Å². The summed E-state index contributed by atoms with van der Waals surface area (Å²) in [5.74, 6) is 1.13. The van der Waals surface area contributed by atoms with Gasteiger partial charge in [-0.05, 0) is 54.7 Å². The molecular formula is C23H26N4O3S. The molecule has 0 amide bonds. The fourth-order valence-corrected chi connectivity index (χ4v) is 5.83. The second-order valence-corrected chi connectivity index (χ2v) is 10.1. The van der Waals surface area contributed by atoms with E-state index in [1.54, 1.807) is 10.4 Å². The molecule has 0 atom stereocenters. The lowest BCUT2D eigenvalue weighted by atomic mass is 10.1. The topological polar surface area (TPSA) is 79.5 Å². The fraction of sp³-hybridized carbons (Fsp3) is 0.391. The zero-order valence-electron chi connectivity index (χ0n) is 17.4. The third kappa shape index (κ3) is 4.28. The van der Waals surface area contributed by atoms with Crippen molar-refractivity contribution in [3.8, 4) is 11.5 Å². The van der Waals surface area contributed by atoms with Crippen LogP contribution in [0.25, 0.3) is 11.5 Å². The van der Waals surface area contributed by atoms with Crippen LogP contribution in [0.15, 0.2) is 57.8 Å². The highest BCUT2D eigenvalue weighted by molar-refractivity contribution is 7.89. The van der Waals surface area contributed by atoms with Crippen molar-refractivity contribution in [2.75, 3.05) is 32.7 Å². The Morgan fingerprint density at radius 3 is 2.48 bits per heavy atom. The Labute approximate surface area is 182 Å². The average Bonchev–Trinajstić information content (AvgIpc) is 3.47. The van der Waals surface area contributed by atoms with Gasteiger partial charge in [-0.15, -0.1) is 10.2 Å². The van der Waals surface area contributed by atoms with Crippen LogP contribution in [0.2, 0.25) is 0 Å². The molecule has 1 aliphatic heterocycles. The van der Waals surface area contributed by atoms with Crippen molar-refractivity contribution in [1.82, 2.24) is 19.4 Å². The van der Waals surface area contributed by atoms with Crippen LogP contribution >= 0.6 is 0 Å². The molecule has 162 valence electrons. The first-order valence-electron chi connectivity index (χ1n) is 10.8. The van der Waals surface area contributed by atoms with Crippen molar-refractivity contribution < 1.29 is 12.8 Å². The summed E-state index contributed by atoms with van der Waals surface area (Å²) in [5.41, 5.74) is 3.39. The van der Waals surface area contributed by atoms with Gasteiger partial charge in [-0.2, -0.15) is 4.31 Å². The first-order valence-corrected chi connectivity index (χ1v) is 12.3. The van der Waals surface area contributed by atoms with Crippen molar-refractivity contribution in [3.63, 3.8) is 0 Å². The van der Waals surface area contributed by atoms with Gasteiger partial charge in [-0.1, -0.05) is 24.3 Å². The first-order chi connectivity index (χ1) is 15.1. The molecule has 0 unspecified atom stereocenters. The molecule has 0 radical (unpaired) electrons. The molecule has 7 nitrogen and oxygen atoms in total. The normalized spacial score (nSPS) is 17.7. The van der Waals surface area contributed by atoms with E-state index in [2.05, 4.69) is 15.1 Å². The number of piperazine rings is 1. The molecule has 2 aromatic carbocycles. The molecule has 1 fully saturated rings. The van der Waals surface area contributed by atoms with E-state index in [1.165, 1.54) is 11.1 Å². The van der Waals surface area contributed by atoms with Crippen molar-refractivity contribution in [1.29, 1.82) is 0 Å². The lowest BCUT2D eigenvalue weighted by Gasteiger charge is -2.33. The lowest BCUT2D eigenvalue weighted by Crippen LogP contribution is -2.49. The molecule has 0 spiro atoms. The summed E-state index contributed by atoms with van der Waals surface area (Å²) in [5, 5.41) is 8.28. The number of nitrogens with zero attached hydrogens (tertiary/aromatic N) is 4. The molecule has 0 saturated carbocycles. The van der Waals surface area contributed by atoms with E-state index in [0.29, 0.717) is 49.3 Å². The van der Waals surface area contributed by atoms with Crippen LogP contribution in [0.3, 0.4) is 0 Å². The van der Waals surface area contributed by atoms with Gasteiger partial charge in [-0.3, -0.25) is 0 Å². The minimum Gasteiger partial charge on any atom is -0.421 e. The van der Waals surface area contributed by atoms with Crippen molar-refractivity contribution >= 4 is 10.0 Å². The molecule has 0 bridgehead atoms. The van der Waals surface area contributed by atoms with Gasteiger partial charge in [0, 0.05) is 44.7 Å². The summed E-state index contributed by atoms with van der Waals surface area (Å²) in [6, 6.07) is 15.3. The second kappa shape index (κ2) is 8.53. The van der Waals surface area contributed by atoms with Crippen molar-refractivity contribution in [2.45, 2.75) is 30.6 Å². The quantitative estimate of drug-likeness (QED) is 0.589. The Bertz CT molecular complexity index is 1150. The molecule has 1 aliphatic carbocycles. The van der Waals surface area contributed by atoms with Gasteiger partial charge in [0.15, 0.2) is 0 Å². The first kappa shape index (κ1) is 20.4.